The number of benzene rings is 1. The van der Waals surface area contributed by atoms with Crippen LogP contribution < -0.4 is 10.6 Å². The molecule has 2 atom stereocenters. The number of fused-ring (bicyclic) bond motifs is 1. The highest BCUT2D eigenvalue weighted by molar-refractivity contribution is 6.27. The molecule has 1 aliphatic heterocycles. The molecule has 8 nitrogen and oxygen atoms in total. The van der Waals surface area contributed by atoms with Gasteiger partial charge in [0.2, 0.25) is 11.8 Å². The number of hydrogen-bond acceptors (Lipinski definition) is 5. The molecular formula is C23H27ClFN3O5. The summed E-state index contributed by atoms with van der Waals surface area (Å²) < 4.78 is 19.4. The summed E-state index contributed by atoms with van der Waals surface area (Å²) in [4.78, 5) is 51.4. The molecule has 1 aromatic heterocycles. The molecule has 3 amide bonds. The molecule has 3 rings (SSSR count). The minimum Gasteiger partial charge on any atom is -0.451 e. The SMILES string of the molecule is CC(C)C[C@H](NC(=O)c1cc2c(F)cccc2o1)C(=O)CN(C[C@@H]1CCNC1=O)C(=O)CCl. The van der Waals surface area contributed by atoms with E-state index in [0.717, 1.165) is 0 Å². The van der Waals surface area contributed by atoms with Crippen molar-refractivity contribution in [2.45, 2.75) is 32.7 Å². The third kappa shape index (κ3) is 6.10. The zero-order valence-electron chi connectivity index (χ0n) is 18.5. The molecule has 0 bridgehead atoms. The van der Waals surface area contributed by atoms with Crippen molar-refractivity contribution in [1.29, 1.82) is 0 Å². The number of nitrogens with one attached hydrogen (secondary N) is 2. The van der Waals surface area contributed by atoms with Crippen molar-refractivity contribution in [3.8, 4) is 0 Å². The Morgan fingerprint density at radius 2 is 2.09 bits per heavy atom. The third-order valence-corrected chi connectivity index (χ3v) is 5.78. The fourth-order valence-electron chi connectivity index (χ4n) is 3.83. The van der Waals surface area contributed by atoms with E-state index in [4.69, 9.17) is 16.0 Å². The molecule has 0 aliphatic carbocycles. The Hall–Kier alpha value is -2.94. The van der Waals surface area contributed by atoms with Gasteiger partial charge in [0.15, 0.2) is 11.5 Å². The Labute approximate surface area is 195 Å². The largest absolute Gasteiger partial charge is 0.451 e. The van der Waals surface area contributed by atoms with E-state index in [9.17, 15) is 23.6 Å². The fraction of sp³-hybridized carbons (Fsp3) is 0.478. The molecule has 2 N–H and O–H groups in total. The average Bonchev–Trinajstić information content (AvgIpc) is 3.39. The van der Waals surface area contributed by atoms with Crippen LogP contribution in [0.25, 0.3) is 11.0 Å². The predicted octanol–water partition coefficient (Wildman–Crippen LogP) is 2.49. The van der Waals surface area contributed by atoms with Crippen LogP contribution in [0.3, 0.4) is 0 Å². The summed E-state index contributed by atoms with van der Waals surface area (Å²) >= 11 is 5.72. The molecule has 2 heterocycles. The van der Waals surface area contributed by atoms with Gasteiger partial charge < -0.3 is 20.0 Å². The lowest BCUT2D eigenvalue weighted by Gasteiger charge is -2.26. The first-order valence-electron chi connectivity index (χ1n) is 10.8. The van der Waals surface area contributed by atoms with Gasteiger partial charge in [-0.3, -0.25) is 19.2 Å². The lowest BCUT2D eigenvalue weighted by Crippen LogP contribution is -2.49. The number of hydrogen-bond donors (Lipinski definition) is 2. The summed E-state index contributed by atoms with van der Waals surface area (Å²) in [7, 11) is 0. The van der Waals surface area contributed by atoms with Crippen LogP contribution in [0.4, 0.5) is 4.39 Å². The van der Waals surface area contributed by atoms with E-state index in [0.29, 0.717) is 19.4 Å². The molecule has 0 spiro atoms. The van der Waals surface area contributed by atoms with Gasteiger partial charge in [0.25, 0.3) is 5.91 Å². The minimum absolute atomic E-state index is 0.0603. The van der Waals surface area contributed by atoms with Crippen molar-refractivity contribution >= 4 is 46.1 Å². The number of alkyl halides is 1. The van der Waals surface area contributed by atoms with Gasteiger partial charge >= 0.3 is 0 Å². The molecule has 1 fully saturated rings. The number of carbonyl (C=O) groups is 4. The van der Waals surface area contributed by atoms with Crippen molar-refractivity contribution in [3.63, 3.8) is 0 Å². The molecule has 33 heavy (non-hydrogen) atoms. The van der Waals surface area contributed by atoms with Gasteiger partial charge in [-0.25, -0.2) is 4.39 Å². The van der Waals surface area contributed by atoms with Gasteiger partial charge in [-0.15, -0.1) is 11.6 Å². The van der Waals surface area contributed by atoms with Gasteiger partial charge in [-0.05, 0) is 30.9 Å². The number of Topliss-reactive ketones (excluding diaryl/α,β-unsaturated/α-hetero) is 1. The molecule has 1 saturated heterocycles. The third-order valence-electron chi connectivity index (χ3n) is 5.55. The van der Waals surface area contributed by atoms with Crippen molar-refractivity contribution in [3.05, 3.63) is 35.8 Å². The van der Waals surface area contributed by atoms with Gasteiger partial charge in [0.1, 0.15) is 17.3 Å². The molecule has 0 radical (unpaired) electrons. The van der Waals surface area contributed by atoms with Crippen LogP contribution in [0.5, 0.6) is 0 Å². The molecule has 0 saturated carbocycles. The predicted molar refractivity (Wildman–Crippen MR) is 120 cm³/mol. The summed E-state index contributed by atoms with van der Waals surface area (Å²) in [5, 5.41) is 5.53. The maximum atomic E-state index is 14.0. The highest BCUT2D eigenvalue weighted by Gasteiger charge is 2.31. The van der Waals surface area contributed by atoms with Gasteiger partial charge in [-0.2, -0.15) is 0 Å². The van der Waals surface area contributed by atoms with Crippen LogP contribution in [0.15, 0.2) is 28.7 Å². The number of rotatable bonds is 10. The molecule has 178 valence electrons. The van der Waals surface area contributed by atoms with Crippen LogP contribution >= 0.6 is 11.6 Å². The topological polar surface area (TPSA) is 109 Å². The Morgan fingerprint density at radius 1 is 1.33 bits per heavy atom. The van der Waals surface area contributed by atoms with Crippen molar-refractivity contribution < 1.29 is 28.0 Å². The lowest BCUT2D eigenvalue weighted by molar-refractivity contribution is -0.135. The normalized spacial score (nSPS) is 16.6. The summed E-state index contributed by atoms with van der Waals surface area (Å²) in [5.74, 6) is -2.99. The van der Waals surface area contributed by atoms with Crippen LogP contribution in [0, 0.1) is 17.7 Å². The maximum absolute atomic E-state index is 14.0. The number of carbonyl (C=O) groups excluding carboxylic acids is 4. The molecule has 0 unspecified atom stereocenters. The van der Waals surface area contributed by atoms with Crippen LogP contribution in [0.1, 0.15) is 37.2 Å². The first-order chi connectivity index (χ1) is 15.7. The van der Waals surface area contributed by atoms with Crippen LogP contribution in [-0.4, -0.2) is 60.0 Å². The number of nitrogens with zero attached hydrogens (tertiary/aromatic N) is 1. The van der Waals surface area contributed by atoms with E-state index in [1.165, 1.54) is 23.1 Å². The highest BCUT2D eigenvalue weighted by Crippen LogP contribution is 2.22. The monoisotopic (exact) mass is 479 g/mol. The summed E-state index contributed by atoms with van der Waals surface area (Å²) in [6.07, 6.45) is 0.889. The first-order valence-corrected chi connectivity index (χ1v) is 11.4. The number of furan rings is 1. The summed E-state index contributed by atoms with van der Waals surface area (Å²) in [6, 6.07) is 4.66. The minimum atomic E-state index is -0.904. The number of amides is 3. The second-order valence-electron chi connectivity index (χ2n) is 8.57. The highest BCUT2D eigenvalue weighted by atomic mass is 35.5. The second-order valence-corrected chi connectivity index (χ2v) is 8.84. The quantitative estimate of drug-likeness (QED) is 0.509. The first kappa shape index (κ1) is 24.7. The molecule has 1 aliphatic rings. The van der Waals surface area contributed by atoms with Gasteiger partial charge in [0, 0.05) is 19.2 Å². The summed E-state index contributed by atoms with van der Waals surface area (Å²) in [6.45, 7) is 4.10. The fourth-order valence-corrected chi connectivity index (χ4v) is 4.00. The number of ketones is 1. The average molecular weight is 480 g/mol. The van der Waals surface area contributed by atoms with E-state index in [-0.39, 0.29) is 47.5 Å². The van der Waals surface area contributed by atoms with Gasteiger partial charge in [0.05, 0.1) is 23.9 Å². The van der Waals surface area contributed by atoms with Crippen LogP contribution in [0.2, 0.25) is 0 Å². The van der Waals surface area contributed by atoms with E-state index < -0.39 is 35.4 Å². The van der Waals surface area contributed by atoms with Crippen LogP contribution in [-0.2, 0) is 14.4 Å². The standard InChI is InChI=1S/C23H27ClFN3O5/c1-13(2)8-17(27-23(32)20-9-15-16(25)4-3-5-19(15)33-20)18(29)12-28(21(30)10-24)11-14-6-7-26-22(14)31/h3-5,9,13-14,17H,6-8,10-12H2,1-2H3,(H,26,31)(H,27,32)/t14-,17-/m0/s1. The Kier molecular flexibility index (Phi) is 8.07. The Bertz CT molecular complexity index is 1050. The Morgan fingerprint density at radius 3 is 2.70 bits per heavy atom. The second kappa shape index (κ2) is 10.8. The maximum Gasteiger partial charge on any atom is 0.287 e. The van der Waals surface area contributed by atoms with E-state index in [2.05, 4.69) is 10.6 Å². The Balaban J connectivity index is 1.74. The lowest BCUT2D eigenvalue weighted by atomic mass is 9.99. The van der Waals surface area contributed by atoms with Gasteiger partial charge in [-0.1, -0.05) is 19.9 Å². The van der Waals surface area contributed by atoms with Crippen molar-refractivity contribution in [2.75, 3.05) is 25.5 Å². The molecule has 2 aromatic rings. The van der Waals surface area contributed by atoms with Crippen molar-refractivity contribution in [2.24, 2.45) is 11.8 Å². The van der Waals surface area contributed by atoms with E-state index in [1.807, 2.05) is 13.8 Å². The van der Waals surface area contributed by atoms with E-state index in [1.54, 1.807) is 6.07 Å². The molecular weight excluding hydrogens is 453 g/mol. The van der Waals surface area contributed by atoms with Crippen molar-refractivity contribution in [1.82, 2.24) is 15.5 Å². The zero-order chi connectivity index (χ0) is 24.1. The molecule has 10 heteroatoms. The summed E-state index contributed by atoms with van der Waals surface area (Å²) in [5.41, 5.74) is 0.223. The van der Waals surface area contributed by atoms with E-state index >= 15 is 0 Å². The molecule has 1 aromatic carbocycles. The number of halogens is 2. The smallest absolute Gasteiger partial charge is 0.287 e. The zero-order valence-corrected chi connectivity index (χ0v) is 19.3.